The molecule has 1 atom stereocenters. The molecule has 3 rings (SSSR count). The van der Waals surface area contributed by atoms with Crippen molar-refractivity contribution in [1.82, 2.24) is 10.4 Å². The van der Waals surface area contributed by atoms with Gasteiger partial charge in [-0.1, -0.05) is 55.5 Å². The number of likely N-dealkylation sites (N-methyl/N-ethyl adjacent to an activating group) is 1. The lowest BCUT2D eigenvalue weighted by atomic mass is 9.98. The lowest BCUT2D eigenvalue weighted by Crippen LogP contribution is -2.47. The van der Waals surface area contributed by atoms with Gasteiger partial charge in [-0.3, -0.25) is 9.63 Å². The first kappa shape index (κ1) is 18.9. The number of nitrogens with one attached hydrogen (secondary N) is 1. The van der Waals surface area contributed by atoms with E-state index >= 15 is 0 Å². The van der Waals surface area contributed by atoms with E-state index in [1.807, 2.05) is 31.2 Å². The van der Waals surface area contributed by atoms with Crippen LogP contribution in [0.5, 0.6) is 0 Å². The summed E-state index contributed by atoms with van der Waals surface area (Å²) in [6.45, 7) is 2.03. The highest BCUT2D eigenvalue weighted by atomic mass is 16.7. The summed E-state index contributed by atoms with van der Waals surface area (Å²) < 4.78 is 5.47. The fourth-order valence-corrected chi connectivity index (χ4v) is 3.43. The Balaban J connectivity index is 1.68. The highest BCUT2D eigenvalue weighted by Gasteiger charge is 2.30. The van der Waals surface area contributed by atoms with Crippen LogP contribution < -0.4 is 5.32 Å². The molecule has 1 N–H and O–H groups in total. The first-order valence-electron chi connectivity index (χ1n) is 9.00. The smallest absolute Gasteiger partial charge is 0.407 e. The van der Waals surface area contributed by atoms with E-state index in [0.717, 1.165) is 16.2 Å². The lowest BCUT2D eigenvalue weighted by Gasteiger charge is -2.22. The van der Waals surface area contributed by atoms with Gasteiger partial charge in [0.1, 0.15) is 12.6 Å². The van der Waals surface area contributed by atoms with Crippen molar-refractivity contribution in [2.24, 2.45) is 0 Å². The lowest BCUT2D eigenvalue weighted by molar-refractivity contribution is -0.171. The molecule has 0 aliphatic heterocycles. The standard InChI is InChI=1S/C21H24N2O4/c1-4-19(20(24)23(2)26-3)22-21(25)27-13-18-16-11-7-5-9-14(16)15-10-6-8-12-17(15)18/h5-12,18-19H,4,13H2,1-3H3,(H,22,25). The fourth-order valence-electron chi connectivity index (χ4n) is 3.43. The second kappa shape index (κ2) is 8.22. The number of amides is 2. The quantitative estimate of drug-likeness (QED) is 0.794. The molecule has 6 heteroatoms. The largest absolute Gasteiger partial charge is 0.449 e. The van der Waals surface area contributed by atoms with Crippen molar-refractivity contribution in [2.75, 3.05) is 20.8 Å². The van der Waals surface area contributed by atoms with E-state index < -0.39 is 12.1 Å². The Morgan fingerprint density at radius 1 is 1.07 bits per heavy atom. The summed E-state index contributed by atoms with van der Waals surface area (Å²) >= 11 is 0. The fraction of sp³-hybridized carbons (Fsp3) is 0.333. The van der Waals surface area contributed by atoms with Gasteiger partial charge in [-0.25, -0.2) is 9.86 Å². The first-order valence-corrected chi connectivity index (χ1v) is 9.00. The number of ether oxygens (including phenoxy) is 1. The Kier molecular flexibility index (Phi) is 5.76. The number of carbonyl (C=O) groups excluding carboxylic acids is 2. The van der Waals surface area contributed by atoms with E-state index in [4.69, 9.17) is 9.57 Å². The zero-order valence-electron chi connectivity index (χ0n) is 15.8. The number of hydrogen-bond acceptors (Lipinski definition) is 4. The van der Waals surface area contributed by atoms with Crippen molar-refractivity contribution in [2.45, 2.75) is 25.3 Å². The molecule has 1 unspecified atom stereocenters. The van der Waals surface area contributed by atoms with E-state index in [1.165, 1.54) is 25.3 Å². The molecular formula is C21H24N2O4. The average molecular weight is 368 g/mol. The Morgan fingerprint density at radius 2 is 1.63 bits per heavy atom. The maximum atomic E-state index is 12.3. The van der Waals surface area contributed by atoms with Gasteiger partial charge in [0.15, 0.2) is 0 Å². The number of benzene rings is 2. The number of fused-ring (bicyclic) bond motifs is 3. The minimum atomic E-state index is -0.689. The molecule has 2 aromatic rings. The van der Waals surface area contributed by atoms with Crippen LogP contribution in [0.3, 0.4) is 0 Å². The maximum absolute atomic E-state index is 12.3. The molecule has 0 radical (unpaired) electrons. The molecule has 0 fully saturated rings. The zero-order chi connectivity index (χ0) is 19.4. The van der Waals surface area contributed by atoms with Crippen LogP contribution in [0.1, 0.15) is 30.4 Å². The van der Waals surface area contributed by atoms with E-state index in [1.54, 1.807) is 0 Å². The van der Waals surface area contributed by atoms with Crippen molar-refractivity contribution < 1.29 is 19.2 Å². The van der Waals surface area contributed by atoms with Crippen LogP contribution in [0.4, 0.5) is 4.79 Å². The van der Waals surface area contributed by atoms with Crippen LogP contribution in [-0.4, -0.2) is 43.9 Å². The number of rotatable bonds is 6. The number of hydroxylamine groups is 2. The molecular weight excluding hydrogens is 344 g/mol. The summed E-state index contributed by atoms with van der Waals surface area (Å²) in [5, 5.41) is 3.72. The van der Waals surface area contributed by atoms with Gasteiger partial charge in [-0.05, 0) is 28.7 Å². The predicted molar refractivity (Wildman–Crippen MR) is 102 cm³/mol. The third-order valence-electron chi connectivity index (χ3n) is 4.93. The van der Waals surface area contributed by atoms with Crippen LogP contribution >= 0.6 is 0 Å². The van der Waals surface area contributed by atoms with Gasteiger partial charge in [0.05, 0.1) is 7.11 Å². The van der Waals surface area contributed by atoms with E-state index in [0.29, 0.717) is 6.42 Å². The van der Waals surface area contributed by atoms with Crippen molar-refractivity contribution >= 4 is 12.0 Å². The number of hydrogen-bond donors (Lipinski definition) is 1. The molecule has 0 heterocycles. The van der Waals surface area contributed by atoms with Gasteiger partial charge >= 0.3 is 6.09 Å². The Morgan fingerprint density at radius 3 is 2.15 bits per heavy atom. The summed E-state index contributed by atoms with van der Waals surface area (Å²) in [4.78, 5) is 29.3. The average Bonchev–Trinajstić information content (AvgIpc) is 3.03. The maximum Gasteiger partial charge on any atom is 0.407 e. The third-order valence-corrected chi connectivity index (χ3v) is 4.93. The molecule has 1 aliphatic rings. The summed E-state index contributed by atoms with van der Waals surface area (Å²) in [7, 11) is 2.91. The van der Waals surface area contributed by atoms with Crippen LogP contribution in [0.2, 0.25) is 0 Å². The Bertz CT molecular complexity index is 791. The topological polar surface area (TPSA) is 67.9 Å². The first-order chi connectivity index (χ1) is 13.1. The molecule has 2 amide bonds. The molecule has 0 saturated carbocycles. The normalized spacial score (nSPS) is 13.4. The second-order valence-electron chi connectivity index (χ2n) is 6.45. The minimum absolute atomic E-state index is 0.0134. The molecule has 6 nitrogen and oxygen atoms in total. The summed E-state index contributed by atoms with van der Waals surface area (Å²) in [5.41, 5.74) is 4.64. The predicted octanol–water partition coefficient (Wildman–Crippen LogP) is 3.32. The van der Waals surface area contributed by atoms with Gasteiger partial charge < -0.3 is 10.1 Å². The highest BCUT2D eigenvalue weighted by Crippen LogP contribution is 2.44. The molecule has 2 aromatic carbocycles. The van der Waals surface area contributed by atoms with E-state index in [9.17, 15) is 9.59 Å². The monoisotopic (exact) mass is 368 g/mol. The minimum Gasteiger partial charge on any atom is -0.449 e. The van der Waals surface area contributed by atoms with Gasteiger partial charge in [0, 0.05) is 13.0 Å². The van der Waals surface area contributed by atoms with Crippen LogP contribution in [0.25, 0.3) is 11.1 Å². The number of carbonyl (C=O) groups is 2. The van der Waals surface area contributed by atoms with Crippen LogP contribution in [-0.2, 0) is 14.4 Å². The van der Waals surface area contributed by atoms with Crippen LogP contribution in [0, 0.1) is 0 Å². The SMILES string of the molecule is CCC(NC(=O)OCC1c2ccccc2-c2ccccc21)C(=O)N(C)OC. The summed E-state index contributed by atoms with van der Waals surface area (Å²) in [6, 6.07) is 15.6. The molecule has 1 aliphatic carbocycles. The number of alkyl carbamates (subject to hydrolysis) is 1. The van der Waals surface area contributed by atoms with Gasteiger partial charge in [0.2, 0.25) is 0 Å². The Hall–Kier alpha value is -2.86. The molecule has 27 heavy (non-hydrogen) atoms. The van der Waals surface area contributed by atoms with Gasteiger partial charge in [-0.15, -0.1) is 0 Å². The summed E-state index contributed by atoms with van der Waals surface area (Å²) in [6.07, 6.45) is -0.168. The molecule has 142 valence electrons. The zero-order valence-corrected chi connectivity index (χ0v) is 15.8. The van der Waals surface area contributed by atoms with E-state index in [2.05, 4.69) is 29.6 Å². The summed E-state index contributed by atoms with van der Waals surface area (Å²) in [5.74, 6) is -0.339. The van der Waals surface area contributed by atoms with Gasteiger partial charge in [-0.2, -0.15) is 0 Å². The Labute approximate surface area is 159 Å². The molecule has 0 aromatic heterocycles. The van der Waals surface area contributed by atoms with Crippen LogP contribution in [0.15, 0.2) is 48.5 Å². The molecule has 0 saturated heterocycles. The van der Waals surface area contributed by atoms with Crippen molar-refractivity contribution in [3.05, 3.63) is 59.7 Å². The van der Waals surface area contributed by atoms with Crippen molar-refractivity contribution in [1.29, 1.82) is 0 Å². The highest BCUT2D eigenvalue weighted by molar-refractivity contribution is 5.85. The molecule has 0 spiro atoms. The third kappa shape index (κ3) is 3.80. The molecule has 0 bridgehead atoms. The van der Waals surface area contributed by atoms with Gasteiger partial charge in [0.25, 0.3) is 5.91 Å². The number of nitrogens with zero attached hydrogens (tertiary/aromatic N) is 1. The van der Waals surface area contributed by atoms with Crippen molar-refractivity contribution in [3.8, 4) is 11.1 Å². The second-order valence-corrected chi connectivity index (χ2v) is 6.45. The van der Waals surface area contributed by atoms with E-state index in [-0.39, 0.29) is 18.4 Å². The van der Waals surface area contributed by atoms with Crippen molar-refractivity contribution in [3.63, 3.8) is 0 Å².